The smallest absolute Gasteiger partial charge is 0.137 e. The first-order valence-electron chi connectivity index (χ1n) is 5.46. The zero-order valence-electron chi connectivity index (χ0n) is 9.33. The first kappa shape index (κ1) is 10.2. The second kappa shape index (κ2) is 4.45. The lowest BCUT2D eigenvalue weighted by Crippen LogP contribution is -2.15. The van der Waals surface area contributed by atoms with Gasteiger partial charge in [0.05, 0.1) is 11.4 Å². The highest BCUT2D eigenvalue weighted by atomic mass is 15.0. The van der Waals surface area contributed by atoms with Crippen LogP contribution < -0.4 is 5.32 Å². The number of aryl methyl sites for hydroxylation is 1. The Morgan fingerprint density at radius 3 is 3.07 bits per heavy atom. The number of nitrogens with one attached hydrogen (secondary N) is 1. The third kappa shape index (κ3) is 2.02. The van der Waals surface area contributed by atoms with E-state index in [9.17, 15) is 0 Å². The summed E-state index contributed by atoms with van der Waals surface area (Å²) in [7, 11) is 0. The van der Waals surface area contributed by atoms with Gasteiger partial charge >= 0.3 is 0 Å². The quantitative estimate of drug-likeness (QED) is 0.771. The first-order valence-corrected chi connectivity index (χ1v) is 5.46. The van der Waals surface area contributed by atoms with Gasteiger partial charge in [0.2, 0.25) is 0 Å². The summed E-state index contributed by atoms with van der Waals surface area (Å²) < 4.78 is 2.15. The molecule has 3 heteroatoms. The van der Waals surface area contributed by atoms with E-state index in [1.54, 1.807) is 0 Å². The number of imidazole rings is 1. The van der Waals surface area contributed by atoms with Gasteiger partial charge < -0.3 is 9.72 Å². The molecular formula is C12H17N3. The lowest BCUT2D eigenvalue weighted by Gasteiger charge is -2.04. The third-order valence-electron chi connectivity index (χ3n) is 2.55. The largest absolute Gasteiger partial charge is 0.311 e. The Labute approximate surface area is 90.1 Å². The SMILES string of the molecule is CCCNCc1c(C)nc2ccccn12. The van der Waals surface area contributed by atoms with E-state index < -0.39 is 0 Å². The van der Waals surface area contributed by atoms with Crippen molar-refractivity contribution < 1.29 is 0 Å². The van der Waals surface area contributed by atoms with Gasteiger partial charge in [0, 0.05) is 12.7 Å². The summed E-state index contributed by atoms with van der Waals surface area (Å²) in [6.45, 7) is 6.19. The molecule has 0 amide bonds. The van der Waals surface area contributed by atoms with Crippen LogP contribution in [-0.2, 0) is 6.54 Å². The van der Waals surface area contributed by atoms with Crippen molar-refractivity contribution in [3.05, 3.63) is 35.8 Å². The Morgan fingerprint density at radius 2 is 2.27 bits per heavy atom. The average Bonchev–Trinajstić information content (AvgIpc) is 2.56. The Kier molecular flexibility index (Phi) is 3.02. The third-order valence-corrected chi connectivity index (χ3v) is 2.55. The molecule has 0 aromatic carbocycles. The second-order valence-electron chi connectivity index (χ2n) is 3.75. The maximum atomic E-state index is 4.51. The molecule has 0 unspecified atom stereocenters. The number of fused-ring (bicyclic) bond motifs is 1. The molecule has 0 saturated heterocycles. The van der Waals surface area contributed by atoms with Crippen LogP contribution in [0.4, 0.5) is 0 Å². The van der Waals surface area contributed by atoms with Crippen molar-refractivity contribution >= 4 is 5.65 Å². The van der Waals surface area contributed by atoms with Crippen molar-refractivity contribution in [3.63, 3.8) is 0 Å². The molecule has 0 fully saturated rings. The lowest BCUT2D eigenvalue weighted by atomic mass is 10.3. The van der Waals surface area contributed by atoms with Crippen molar-refractivity contribution in [1.29, 1.82) is 0 Å². The van der Waals surface area contributed by atoms with Crippen molar-refractivity contribution in [2.75, 3.05) is 6.54 Å². The molecule has 2 aromatic rings. The number of rotatable bonds is 4. The zero-order valence-corrected chi connectivity index (χ0v) is 9.33. The van der Waals surface area contributed by atoms with Crippen LogP contribution >= 0.6 is 0 Å². The van der Waals surface area contributed by atoms with Gasteiger partial charge in [0.25, 0.3) is 0 Å². The van der Waals surface area contributed by atoms with Crippen LogP contribution in [0.2, 0.25) is 0 Å². The monoisotopic (exact) mass is 203 g/mol. The van der Waals surface area contributed by atoms with E-state index in [2.05, 4.69) is 34.7 Å². The van der Waals surface area contributed by atoms with E-state index >= 15 is 0 Å². The summed E-state index contributed by atoms with van der Waals surface area (Å²) in [5.74, 6) is 0. The molecule has 3 nitrogen and oxygen atoms in total. The number of nitrogens with zero attached hydrogens (tertiary/aromatic N) is 2. The number of pyridine rings is 1. The van der Waals surface area contributed by atoms with Gasteiger partial charge in [-0.3, -0.25) is 0 Å². The summed E-state index contributed by atoms with van der Waals surface area (Å²) >= 11 is 0. The van der Waals surface area contributed by atoms with Gasteiger partial charge in [0.1, 0.15) is 5.65 Å². The fourth-order valence-corrected chi connectivity index (χ4v) is 1.76. The first-order chi connectivity index (χ1) is 7.33. The highest BCUT2D eigenvalue weighted by Gasteiger charge is 2.06. The molecule has 0 aliphatic rings. The molecule has 0 radical (unpaired) electrons. The van der Waals surface area contributed by atoms with E-state index in [1.807, 2.05) is 18.2 Å². The van der Waals surface area contributed by atoms with Crippen molar-refractivity contribution in [2.24, 2.45) is 0 Å². The molecular weight excluding hydrogens is 186 g/mol. The van der Waals surface area contributed by atoms with Gasteiger partial charge in [-0.05, 0) is 32.0 Å². The van der Waals surface area contributed by atoms with Gasteiger partial charge in [-0.15, -0.1) is 0 Å². The van der Waals surface area contributed by atoms with Gasteiger partial charge in [-0.1, -0.05) is 13.0 Å². The lowest BCUT2D eigenvalue weighted by molar-refractivity contribution is 0.658. The Balaban J connectivity index is 2.28. The number of hydrogen-bond donors (Lipinski definition) is 1. The number of aromatic nitrogens is 2. The minimum atomic E-state index is 0.894. The standard InChI is InChI=1S/C12H17N3/c1-3-7-13-9-11-10(2)14-12-6-4-5-8-15(11)12/h4-6,8,13H,3,7,9H2,1-2H3. The van der Waals surface area contributed by atoms with E-state index in [-0.39, 0.29) is 0 Å². The van der Waals surface area contributed by atoms with Crippen LogP contribution in [0.5, 0.6) is 0 Å². The average molecular weight is 203 g/mol. The van der Waals surface area contributed by atoms with Crippen LogP contribution in [0.15, 0.2) is 24.4 Å². The molecule has 80 valence electrons. The van der Waals surface area contributed by atoms with E-state index in [0.29, 0.717) is 0 Å². The molecule has 0 atom stereocenters. The van der Waals surface area contributed by atoms with Crippen LogP contribution in [0.1, 0.15) is 24.7 Å². The second-order valence-corrected chi connectivity index (χ2v) is 3.75. The predicted octanol–water partition coefficient (Wildman–Crippen LogP) is 2.14. The van der Waals surface area contributed by atoms with Crippen LogP contribution in [-0.4, -0.2) is 15.9 Å². The normalized spacial score (nSPS) is 11.1. The van der Waals surface area contributed by atoms with E-state index in [0.717, 1.165) is 30.9 Å². The highest BCUT2D eigenvalue weighted by molar-refractivity contribution is 5.42. The molecule has 15 heavy (non-hydrogen) atoms. The van der Waals surface area contributed by atoms with E-state index in [4.69, 9.17) is 0 Å². The van der Waals surface area contributed by atoms with Crippen LogP contribution in [0, 0.1) is 6.92 Å². The zero-order chi connectivity index (χ0) is 10.7. The topological polar surface area (TPSA) is 29.3 Å². The maximum absolute atomic E-state index is 4.51. The molecule has 2 aromatic heterocycles. The predicted molar refractivity (Wildman–Crippen MR) is 61.9 cm³/mol. The molecule has 0 aliphatic carbocycles. The fourth-order valence-electron chi connectivity index (χ4n) is 1.76. The van der Waals surface area contributed by atoms with Crippen LogP contribution in [0.25, 0.3) is 5.65 Å². The Morgan fingerprint density at radius 1 is 1.40 bits per heavy atom. The molecule has 0 saturated carbocycles. The molecule has 0 spiro atoms. The molecule has 2 rings (SSSR count). The summed E-state index contributed by atoms with van der Waals surface area (Å²) in [6.07, 6.45) is 3.23. The summed E-state index contributed by atoms with van der Waals surface area (Å²) in [5, 5.41) is 3.41. The maximum Gasteiger partial charge on any atom is 0.137 e. The van der Waals surface area contributed by atoms with Crippen molar-refractivity contribution in [1.82, 2.24) is 14.7 Å². The minimum Gasteiger partial charge on any atom is -0.311 e. The fraction of sp³-hybridized carbons (Fsp3) is 0.417. The highest BCUT2D eigenvalue weighted by Crippen LogP contribution is 2.10. The molecule has 1 N–H and O–H groups in total. The Bertz CT molecular complexity index is 445. The van der Waals surface area contributed by atoms with Gasteiger partial charge in [-0.2, -0.15) is 0 Å². The van der Waals surface area contributed by atoms with Crippen LogP contribution in [0.3, 0.4) is 0 Å². The molecule has 0 aliphatic heterocycles. The number of hydrogen-bond acceptors (Lipinski definition) is 2. The van der Waals surface area contributed by atoms with E-state index in [1.165, 1.54) is 5.69 Å². The molecule has 0 bridgehead atoms. The summed E-state index contributed by atoms with van der Waals surface area (Å²) in [5.41, 5.74) is 3.41. The Hall–Kier alpha value is -1.35. The van der Waals surface area contributed by atoms with Gasteiger partial charge in [0.15, 0.2) is 0 Å². The minimum absolute atomic E-state index is 0.894. The van der Waals surface area contributed by atoms with Crippen molar-refractivity contribution in [3.8, 4) is 0 Å². The van der Waals surface area contributed by atoms with Gasteiger partial charge in [-0.25, -0.2) is 4.98 Å². The summed E-state index contributed by atoms with van der Waals surface area (Å²) in [4.78, 5) is 4.51. The summed E-state index contributed by atoms with van der Waals surface area (Å²) in [6, 6.07) is 6.10. The van der Waals surface area contributed by atoms with Crippen molar-refractivity contribution in [2.45, 2.75) is 26.8 Å². The molecule has 2 heterocycles.